The van der Waals surface area contributed by atoms with Gasteiger partial charge in [-0.1, -0.05) is 13.8 Å². The molecule has 0 aliphatic carbocycles. The highest BCUT2D eigenvalue weighted by molar-refractivity contribution is 5.95. The second-order valence-electron chi connectivity index (χ2n) is 4.36. The Morgan fingerprint density at radius 2 is 2.06 bits per heavy atom. The summed E-state index contributed by atoms with van der Waals surface area (Å²) in [5.74, 6) is -0.298. The van der Waals surface area contributed by atoms with Gasteiger partial charge in [-0.15, -0.1) is 0 Å². The fraction of sp³-hybridized carbons (Fsp3) is 0.500. The van der Waals surface area contributed by atoms with Crippen LogP contribution >= 0.6 is 0 Å². The molecule has 2 N–H and O–H groups in total. The van der Waals surface area contributed by atoms with Gasteiger partial charge < -0.3 is 10.6 Å². The van der Waals surface area contributed by atoms with E-state index in [-0.39, 0.29) is 11.6 Å². The van der Waals surface area contributed by atoms with Gasteiger partial charge in [0, 0.05) is 19.4 Å². The molecular weight excluding hydrogens is 232 g/mol. The Hall–Kier alpha value is -1.98. The van der Waals surface area contributed by atoms with Crippen LogP contribution in [0, 0.1) is 5.92 Å². The van der Waals surface area contributed by atoms with Gasteiger partial charge in [-0.3, -0.25) is 14.6 Å². The summed E-state index contributed by atoms with van der Waals surface area (Å²) in [6, 6.07) is -0.551. The van der Waals surface area contributed by atoms with E-state index in [1.807, 2.05) is 13.8 Å². The van der Waals surface area contributed by atoms with Crippen LogP contribution in [0.5, 0.6) is 0 Å². The highest BCUT2D eigenvalue weighted by atomic mass is 16.2. The molecule has 1 rings (SSSR count). The average Bonchev–Trinajstić information content (AvgIpc) is 2.37. The number of likely N-dealkylation sites (N-methyl/N-ethyl adjacent to an activating group) is 1. The number of rotatable bonds is 5. The largest absolute Gasteiger partial charge is 0.357 e. The van der Waals surface area contributed by atoms with Crippen molar-refractivity contribution in [2.45, 2.75) is 26.3 Å². The number of amides is 2. The van der Waals surface area contributed by atoms with Crippen LogP contribution in [0.25, 0.3) is 0 Å². The van der Waals surface area contributed by atoms with Gasteiger partial charge in [0.25, 0.3) is 5.91 Å². The van der Waals surface area contributed by atoms with Crippen LogP contribution in [-0.2, 0) is 4.79 Å². The molecule has 98 valence electrons. The Bertz CT molecular complexity index is 406. The zero-order chi connectivity index (χ0) is 13.5. The van der Waals surface area contributed by atoms with Crippen molar-refractivity contribution in [2.24, 2.45) is 5.92 Å². The molecule has 0 aromatic carbocycles. The van der Waals surface area contributed by atoms with E-state index in [1.165, 1.54) is 18.6 Å². The van der Waals surface area contributed by atoms with Crippen molar-refractivity contribution in [1.29, 1.82) is 0 Å². The molecule has 0 fully saturated rings. The van der Waals surface area contributed by atoms with Crippen LogP contribution in [0.3, 0.4) is 0 Å². The van der Waals surface area contributed by atoms with Crippen LogP contribution in [0.4, 0.5) is 0 Å². The van der Waals surface area contributed by atoms with E-state index in [0.717, 1.165) is 0 Å². The molecule has 0 saturated heterocycles. The van der Waals surface area contributed by atoms with Gasteiger partial charge in [0.1, 0.15) is 11.7 Å². The van der Waals surface area contributed by atoms with Crippen molar-refractivity contribution < 1.29 is 9.59 Å². The number of hydrogen-bond acceptors (Lipinski definition) is 4. The minimum atomic E-state index is -0.551. The monoisotopic (exact) mass is 250 g/mol. The van der Waals surface area contributed by atoms with E-state index in [9.17, 15) is 9.59 Å². The van der Waals surface area contributed by atoms with Gasteiger partial charge in [-0.2, -0.15) is 0 Å². The normalized spacial score (nSPS) is 12.0. The summed E-state index contributed by atoms with van der Waals surface area (Å²) in [4.78, 5) is 31.2. The molecular formula is C12H18N4O2. The Balaban J connectivity index is 2.71. The molecule has 1 aromatic heterocycles. The predicted octanol–water partition coefficient (Wildman–Crippen LogP) is 0.367. The van der Waals surface area contributed by atoms with Gasteiger partial charge >= 0.3 is 0 Å². The smallest absolute Gasteiger partial charge is 0.272 e. The van der Waals surface area contributed by atoms with Crippen molar-refractivity contribution >= 4 is 11.8 Å². The summed E-state index contributed by atoms with van der Waals surface area (Å²) in [6.45, 7) is 3.98. The molecule has 1 heterocycles. The molecule has 6 heteroatoms. The topological polar surface area (TPSA) is 84.0 Å². The minimum Gasteiger partial charge on any atom is -0.357 e. The van der Waals surface area contributed by atoms with Crippen LogP contribution in [-0.4, -0.2) is 34.9 Å². The molecule has 6 nitrogen and oxygen atoms in total. The fourth-order valence-corrected chi connectivity index (χ4v) is 1.53. The van der Waals surface area contributed by atoms with E-state index in [1.54, 1.807) is 7.05 Å². The summed E-state index contributed by atoms with van der Waals surface area (Å²) >= 11 is 0. The summed E-state index contributed by atoms with van der Waals surface area (Å²) < 4.78 is 0. The second-order valence-corrected chi connectivity index (χ2v) is 4.36. The molecule has 0 aliphatic heterocycles. The van der Waals surface area contributed by atoms with E-state index in [4.69, 9.17) is 0 Å². The molecule has 2 amide bonds. The van der Waals surface area contributed by atoms with Gasteiger partial charge in [0.2, 0.25) is 5.91 Å². The highest BCUT2D eigenvalue weighted by Gasteiger charge is 2.21. The Morgan fingerprint density at radius 1 is 1.33 bits per heavy atom. The number of carbonyl (C=O) groups excluding carboxylic acids is 2. The minimum absolute atomic E-state index is 0.204. The second kappa shape index (κ2) is 6.68. The molecule has 1 atom stereocenters. The first kappa shape index (κ1) is 14.1. The molecule has 1 unspecified atom stereocenters. The fourth-order valence-electron chi connectivity index (χ4n) is 1.53. The van der Waals surface area contributed by atoms with Crippen molar-refractivity contribution in [3.05, 3.63) is 24.3 Å². The van der Waals surface area contributed by atoms with Gasteiger partial charge in [-0.05, 0) is 12.3 Å². The van der Waals surface area contributed by atoms with Crippen molar-refractivity contribution in [1.82, 2.24) is 20.6 Å². The van der Waals surface area contributed by atoms with Crippen LogP contribution < -0.4 is 10.6 Å². The zero-order valence-electron chi connectivity index (χ0n) is 10.8. The zero-order valence-corrected chi connectivity index (χ0v) is 10.8. The third-order valence-corrected chi connectivity index (χ3v) is 2.37. The first-order valence-electron chi connectivity index (χ1n) is 5.83. The lowest BCUT2D eigenvalue weighted by Crippen LogP contribution is -2.46. The third kappa shape index (κ3) is 4.12. The SMILES string of the molecule is CNC(=O)C(CC(C)C)NC(=O)c1cnccn1. The number of nitrogens with zero attached hydrogens (tertiary/aromatic N) is 2. The number of carbonyl (C=O) groups is 2. The van der Waals surface area contributed by atoms with E-state index in [2.05, 4.69) is 20.6 Å². The first-order chi connectivity index (χ1) is 8.54. The molecule has 18 heavy (non-hydrogen) atoms. The van der Waals surface area contributed by atoms with Crippen molar-refractivity contribution in [3.8, 4) is 0 Å². The van der Waals surface area contributed by atoms with Gasteiger partial charge in [0.05, 0.1) is 6.20 Å². The van der Waals surface area contributed by atoms with Gasteiger partial charge in [0.15, 0.2) is 0 Å². The van der Waals surface area contributed by atoms with Crippen LogP contribution in [0.2, 0.25) is 0 Å². The summed E-state index contributed by atoms with van der Waals surface area (Å²) in [5.41, 5.74) is 0.204. The first-order valence-corrected chi connectivity index (χ1v) is 5.83. The van der Waals surface area contributed by atoms with Crippen molar-refractivity contribution in [2.75, 3.05) is 7.05 Å². The van der Waals surface area contributed by atoms with Gasteiger partial charge in [-0.25, -0.2) is 4.98 Å². The lowest BCUT2D eigenvalue weighted by molar-refractivity contribution is -0.122. The van der Waals surface area contributed by atoms with Crippen molar-refractivity contribution in [3.63, 3.8) is 0 Å². The summed E-state index contributed by atoms with van der Waals surface area (Å²) in [6.07, 6.45) is 4.87. The van der Waals surface area contributed by atoms with Crippen LogP contribution in [0.15, 0.2) is 18.6 Å². The number of hydrogen-bond donors (Lipinski definition) is 2. The Labute approximate surface area is 106 Å². The lowest BCUT2D eigenvalue weighted by atomic mass is 10.0. The maximum Gasteiger partial charge on any atom is 0.272 e. The molecule has 1 aromatic rings. The maximum absolute atomic E-state index is 11.9. The average molecular weight is 250 g/mol. The number of aromatic nitrogens is 2. The highest BCUT2D eigenvalue weighted by Crippen LogP contribution is 2.05. The lowest BCUT2D eigenvalue weighted by Gasteiger charge is -2.18. The standard InChI is InChI=1S/C12H18N4O2/c1-8(2)6-9(11(17)13-3)16-12(18)10-7-14-4-5-15-10/h4-5,7-9H,6H2,1-3H3,(H,13,17)(H,16,18). The summed E-state index contributed by atoms with van der Waals surface area (Å²) in [5, 5.41) is 5.20. The van der Waals surface area contributed by atoms with E-state index < -0.39 is 11.9 Å². The third-order valence-electron chi connectivity index (χ3n) is 2.37. The summed E-state index contributed by atoms with van der Waals surface area (Å²) in [7, 11) is 1.55. The van der Waals surface area contributed by atoms with E-state index in [0.29, 0.717) is 12.3 Å². The molecule has 0 radical (unpaired) electrons. The maximum atomic E-state index is 11.9. The van der Waals surface area contributed by atoms with Crippen LogP contribution in [0.1, 0.15) is 30.8 Å². The quantitative estimate of drug-likeness (QED) is 0.790. The number of nitrogens with one attached hydrogen (secondary N) is 2. The molecule has 0 spiro atoms. The molecule has 0 saturated carbocycles. The Morgan fingerprint density at radius 3 is 2.56 bits per heavy atom. The predicted molar refractivity (Wildman–Crippen MR) is 66.8 cm³/mol. The van der Waals surface area contributed by atoms with E-state index >= 15 is 0 Å². The Kier molecular flexibility index (Phi) is 5.23. The molecule has 0 aliphatic rings. The molecule has 0 bridgehead atoms.